The summed E-state index contributed by atoms with van der Waals surface area (Å²) in [5, 5.41) is 5.38. The fraction of sp³-hybridized carbons (Fsp3) is 0.364. The molecule has 0 atom stereocenters. The predicted molar refractivity (Wildman–Crippen MR) is 119 cm³/mol. The third kappa shape index (κ3) is 5.30. The molecule has 3 N–H and O–H groups in total. The number of amides is 5. The summed E-state index contributed by atoms with van der Waals surface area (Å²) >= 11 is 0. The Balaban J connectivity index is 1.26. The van der Waals surface area contributed by atoms with E-state index in [4.69, 9.17) is 0 Å². The van der Waals surface area contributed by atoms with Crippen LogP contribution in [0.3, 0.4) is 0 Å². The third-order valence-corrected chi connectivity index (χ3v) is 7.11. The number of carbonyl (C=O) groups is 3. The second kappa shape index (κ2) is 9.57. The number of benzene rings is 1. The highest BCUT2D eigenvalue weighted by molar-refractivity contribution is 7.90. The number of rotatable bonds is 6. The van der Waals surface area contributed by atoms with Gasteiger partial charge in [-0.05, 0) is 49.1 Å². The Morgan fingerprint density at radius 3 is 2.52 bits per heavy atom. The highest BCUT2D eigenvalue weighted by atomic mass is 32.2. The van der Waals surface area contributed by atoms with Crippen LogP contribution in [0.5, 0.6) is 0 Å². The summed E-state index contributed by atoms with van der Waals surface area (Å²) < 4.78 is 26.9. The van der Waals surface area contributed by atoms with E-state index in [1.165, 1.54) is 12.1 Å². The van der Waals surface area contributed by atoms with E-state index in [9.17, 15) is 22.8 Å². The van der Waals surface area contributed by atoms with Crippen LogP contribution in [-0.2, 0) is 23.0 Å². The standard InChI is InChI=1S/C22H25N5O5S/c28-20-18-6-3-12-23-19(18)14-27(20)22(30)24-13-11-15-7-9-17(10-8-15)33(31,32)26-21(29)25-16-4-1-2-5-16/h3,6-10,12,16H,1-2,4-5,11,13-14H2,(H,24,30)(H2,25,26,29). The molecule has 0 saturated heterocycles. The van der Waals surface area contributed by atoms with Crippen molar-refractivity contribution in [2.75, 3.05) is 6.54 Å². The molecule has 0 bridgehead atoms. The van der Waals surface area contributed by atoms with E-state index < -0.39 is 22.1 Å². The molecule has 0 unspecified atom stereocenters. The molecule has 1 saturated carbocycles. The first-order valence-corrected chi connectivity index (χ1v) is 12.3. The van der Waals surface area contributed by atoms with Crippen LogP contribution in [0.2, 0.25) is 0 Å². The number of pyridine rings is 1. The summed E-state index contributed by atoms with van der Waals surface area (Å²) in [5.41, 5.74) is 1.79. The fourth-order valence-electron chi connectivity index (χ4n) is 4.00. The first-order chi connectivity index (χ1) is 15.8. The molecule has 11 heteroatoms. The number of hydrogen-bond donors (Lipinski definition) is 3. The molecule has 0 spiro atoms. The molecule has 2 heterocycles. The van der Waals surface area contributed by atoms with Crippen molar-refractivity contribution in [2.24, 2.45) is 0 Å². The van der Waals surface area contributed by atoms with Gasteiger partial charge in [-0.25, -0.2) is 22.7 Å². The number of nitrogens with zero attached hydrogens (tertiary/aromatic N) is 2. The lowest BCUT2D eigenvalue weighted by Crippen LogP contribution is -2.43. The SMILES string of the molecule is O=C(NC1CCCC1)NS(=O)(=O)c1ccc(CCNC(=O)N2Cc3ncccc3C2=O)cc1. The highest BCUT2D eigenvalue weighted by Crippen LogP contribution is 2.20. The zero-order valence-corrected chi connectivity index (χ0v) is 18.7. The lowest BCUT2D eigenvalue weighted by Gasteiger charge is -2.15. The minimum atomic E-state index is -3.98. The Hall–Kier alpha value is -3.47. The van der Waals surface area contributed by atoms with Gasteiger partial charge in [-0.2, -0.15) is 0 Å². The molecule has 1 aromatic carbocycles. The maximum absolute atomic E-state index is 12.4. The highest BCUT2D eigenvalue weighted by Gasteiger charge is 2.32. The minimum absolute atomic E-state index is 0.0130. The Labute approximate surface area is 191 Å². The van der Waals surface area contributed by atoms with Gasteiger partial charge in [-0.1, -0.05) is 25.0 Å². The molecule has 4 rings (SSSR count). The molecule has 0 radical (unpaired) electrons. The van der Waals surface area contributed by atoms with Gasteiger partial charge in [0.1, 0.15) is 0 Å². The van der Waals surface area contributed by atoms with Crippen molar-refractivity contribution in [3.8, 4) is 0 Å². The summed E-state index contributed by atoms with van der Waals surface area (Å²) in [7, 11) is -3.98. The zero-order valence-electron chi connectivity index (χ0n) is 17.9. The van der Waals surface area contributed by atoms with Crippen LogP contribution in [0.15, 0.2) is 47.5 Å². The Morgan fingerprint density at radius 2 is 1.82 bits per heavy atom. The van der Waals surface area contributed by atoms with E-state index in [1.807, 2.05) is 4.72 Å². The van der Waals surface area contributed by atoms with Crippen molar-refractivity contribution in [1.82, 2.24) is 25.2 Å². The van der Waals surface area contributed by atoms with Crippen LogP contribution in [0.4, 0.5) is 9.59 Å². The minimum Gasteiger partial charge on any atom is -0.337 e. The first kappa shape index (κ1) is 22.7. The van der Waals surface area contributed by atoms with Crippen molar-refractivity contribution in [3.05, 3.63) is 59.4 Å². The van der Waals surface area contributed by atoms with Crippen molar-refractivity contribution >= 4 is 28.0 Å². The molecule has 2 aromatic rings. The smallest absolute Gasteiger partial charge is 0.328 e. The van der Waals surface area contributed by atoms with Gasteiger partial charge in [0.05, 0.1) is 22.7 Å². The first-order valence-electron chi connectivity index (χ1n) is 10.8. The van der Waals surface area contributed by atoms with E-state index in [-0.39, 0.29) is 29.9 Å². The number of aromatic nitrogens is 1. The van der Waals surface area contributed by atoms with E-state index in [0.717, 1.165) is 36.1 Å². The lowest BCUT2D eigenvalue weighted by atomic mass is 10.1. The molecule has 33 heavy (non-hydrogen) atoms. The number of urea groups is 2. The number of hydrogen-bond acceptors (Lipinski definition) is 6. The average Bonchev–Trinajstić information content (AvgIpc) is 3.41. The second-order valence-electron chi connectivity index (χ2n) is 8.08. The molecule has 1 fully saturated rings. The van der Waals surface area contributed by atoms with E-state index in [2.05, 4.69) is 15.6 Å². The molecule has 174 valence electrons. The molecule has 1 aliphatic heterocycles. The monoisotopic (exact) mass is 471 g/mol. The van der Waals surface area contributed by atoms with Gasteiger partial charge in [0.2, 0.25) is 0 Å². The molecule has 10 nitrogen and oxygen atoms in total. The zero-order chi connectivity index (χ0) is 23.4. The Bertz CT molecular complexity index is 1160. The van der Waals surface area contributed by atoms with Gasteiger partial charge in [0, 0.05) is 18.8 Å². The second-order valence-corrected chi connectivity index (χ2v) is 9.76. The van der Waals surface area contributed by atoms with Crippen LogP contribution in [-0.4, -0.2) is 48.9 Å². The Kier molecular flexibility index (Phi) is 6.59. The van der Waals surface area contributed by atoms with Crippen LogP contribution < -0.4 is 15.4 Å². The normalized spacial score (nSPS) is 15.9. The van der Waals surface area contributed by atoms with E-state index in [1.54, 1.807) is 30.5 Å². The summed E-state index contributed by atoms with van der Waals surface area (Å²) in [6, 6.07) is 8.15. The van der Waals surface area contributed by atoms with Gasteiger partial charge in [0.15, 0.2) is 0 Å². The number of imide groups is 1. The van der Waals surface area contributed by atoms with E-state index >= 15 is 0 Å². The predicted octanol–water partition coefficient (Wildman–Crippen LogP) is 1.92. The van der Waals surface area contributed by atoms with Crippen LogP contribution >= 0.6 is 0 Å². The summed E-state index contributed by atoms with van der Waals surface area (Å²) in [5.74, 6) is -0.380. The van der Waals surface area contributed by atoms with Gasteiger partial charge in [-0.3, -0.25) is 14.7 Å². The molecular weight excluding hydrogens is 446 g/mol. The third-order valence-electron chi connectivity index (χ3n) is 5.76. The number of fused-ring (bicyclic) bond motifs is 1. The summed E-state index contributed by atoms with van der Waals surface area (Å²) in [6.07, 6.45) is 5.78. The Morgan fingerprint density at radius 1 is 1.09 bits per heavy atom. The number of nitrogens with one attached hydrogen (secondary N) is 3. The van der Waals surface area contributed by atoms with Crippen molar-refractivity contribution in [2.45, 2.75) is 49.6 Å². The molecular formula is C22H25N5O5S. The summed E-state index contributed by atoms with van der Waals surface area (Å²) in [4.78, 5) is 41.9. The van der Waals surface area contributed by atoms with Gasteiger partial charge >= 0.3 is 12.1 Å². The average molecular weight is 472 g/mol. The van der Waals surface area contributed by atoms with Gasteiger partial charge < -0.3 is 10.6 Å². The van der Waals surface area contributed by atoms with Crippen LogP contribution in [0.25, 0.3) is 0 Å². The number of carbonyl (C=O) groups excluding carboxylic acids is 3. The van der Waals surface area contributed by atoms with Crippen LogP contribution in [0.1, 0.15) is 47.3 Å². The maximum atomic E-state index is 12.4. The quantitative estimate of drug-likeness (QED) is 0.589. The molecule has 2 aliphatic rings. The van der Waals surface area contributed by atoms with Crippen molar-refractivity contribution in [1.29, 1.82) is 0 Å². The van der Waals surface area contributed by atoms with Crippen molar-refractivity contribution < 1.29 is 22.8 Å². The van der Waals surface area contributed by atoms with Crippen molar-refractivity contribution in [3.63, 3.8) is 0 Å². The van der Waals surface area contributed by atoms with E-state index in [0.29, 0.717) is 17.7 Å². The molecule has 1 aliphatic carbocycles. The topological polar surface area (TPSA) is 138 Å². The number of sulfonamides is 1. The summed E-state index contributed by atoms with van der Waals surface area (Å²) in [6.45, 7) is 0.398. The molecule has 5 amide bonds. The van der Waals surface area contributed by atoms with Crippen LogP contribution in [0, 0.1) is 0 Å². The van der Waals surface area contributed by atoms with Gasteiger partial charge in [-0.15, -0.1) is 0 Å². The fourth-order valence-corrected chi connectivity index (χ4v) is 4.92. The van der Waals surface area contributed by atoms with Gasteiger partial charge in [0.25, 0.3) is 15.9 Å². The molecule has 1 aromatic heterocycles. The largest absolute Gasteiger partial charge is 0.337 e. The maximum Gasteiger partial charge on any atom is 0.328 e. The lowest BCUT2D eigenvalue weighted by molar-refractivity contribution is 0.0820.